The van der Waals surface area contributed by atoms with E-state index in [1.807, 2.05) is 6.92 Å². The number of carbonyl (C=O) groups is 2. The van der Waals surface area contributed by atoms with E-state index in [0.29, 0.717) is 12.1 Å². The van der Waals surface area contributed by atoms with Gasteiger partial charge in [-0.3, -0.25) is 25.1 Å². The van der Waals surface area contributed by atoms with Crippen LogP contribution in [0.1, 0.15) is 25.8 Å². The normalized spacial score (nSPS) is 16.1. The van der Waals surface area contributed by atoms with Crippen molar-refractivity contribution in [2.45, 2.75) is 26.4 Å². The van der Waals surface area contributed by atoms with Gasteiger partial charge in [0.1, 0.15) is 5.57 Å². The van der Waals surface area contributed by atoms with E-state index in [1.165, 1.54) is 18.2 Å². The summed E-state index contributed by atoms with van der Waals surface area (Å²) < 4.78 is 5.58. The summed E-state index contributed by atoms with van der Waals surface area (Å²) in [4.78, 5) is 35.8. The van der Waals surface area contributed by atoms with Gasteiger partial charge in [-0.2, -0.15) is 0 Å². The predicted molar refractivity (Wildman–Crippen MR) is 109 cm³/mol. The Hall–Kier alpha value is -3.39. The third-order valence-electron chi connectivity index (χ3n) is 4.35. The Labute approximate surface area is 171 Å². The van der Waals surface area contributed by atoms with E-state index in [-0.39, 0.29) is 33.7 Å². The lowest BCUT2D eigenvalue weighted by atomic mass is 10.1. The molecule has 3 rings (SSSR count). The van der Waals surface area contributed by atoms with E-state index in [0.717, 1.165) is 5.01 Å². The fraction of sp³-hybridized carbons (Fsp3) is 0.200. The Bertz CT molecular complexity index is 1010. The molecule has 1 atom stereocenters. The predicted octanol–water partition coefficient (Wildman–Crippen LogP) is 3.89. The van der Waals surface area contributed by atoms with Gasteiger partial charge in [-0.05, 0) is 43.2 Å². The Kier molecular flexibility index (Phi) is 5.84. The van der Waals surface area contributed by atoms with Gasteiger partial charge >= 0.3 is 5.69 Å². The van der Waals surface area contributed by atoms with Gasteiger partial charge in [0.15, 0.2) is 0 Å². The second-order valence-electron chi connectivity index (χ2n) is 6.42. The molecule has 0 unspecified atom stereocenters. The number of nitrogens with zero attached hydrogens (tertiary/aromatic N) is 2. The SMILES string of the molecule is CC[C@H](C)Oc1c(Cl)cc(/C=C2/C(=O)NN(c3ccccc3)C2=O)cc1[N+](=O)[O-]. The minimum absolute atomic E-state index is 0.0251. The van der Waals surface area contributed by atoms with Gasteiger partial charge in [0.05, 0.1) is 21.7 Å². The van der Waals surface area contributed by atoms with Crippen molar-refractivity contribution < 1.29 is 19.2 Å². The number of carbonyl (C=O) groups excluding carboxylic acids is 2. The molecular weight excluding hydrogens is 398 g/mol. The van der Waals surface area contributed by atoms with Crippen molar-refractivity contribution in [1.29, 1.82) is 0 Å². The molecule has 8 nitrogen and oxygen atoms in total. The van der Waals surface area contributed by atoms with Gasteiger partial charge in [-0.25, -0.2) is 5.01 Å². The highest BCUT2D eigenvalue weighted by Gasteiger charge is 2.34. The number of benzene rings is 2. The maximum absolute atomic E-state index is 12.7. The number of anilines is 1. The van der Waals surface area contributed by atoms with Crippen LogP contribution in [0.4, 0.5) is 11.4 Å². The Morgan fingerprint density at radius 2 is 1.97 bits per heavy atom. The van der Waals surface area contributed by atoms with E-state index < -0.39 is 16.7 Å². The first-order valence-corrected chi connectivity index (χ1v) is 9.26. The molecule has 1 aliphatic heterocycles. The minimum Gasteiger partial charge on any atom is -0.483 e. The summed E-state index contributed by atoms with van der Waals surface area (Å²) in [5, 5.41) is 12.6. The quantitative estimate of drug-likeness (QED) is 0.334. The van der Waals surface area contributed by atoms with Crippen LogP contribution in [0.2, 0.25) is 5.02 Å². The van der Waals surface area contributed by atoms with Crippen LogP contribution in [-0.2, 0) is 9.59 Å². The Balaban J connectivity index is 1.98. The highest BCUT2D eigenvalue weighted by Crippen LogP contribution is 2.38. The number of nitrogens with one attached hydrogen (secondary N) is 1. The van der Waals surface area contributed by atoms with E-state index >= 15 is 0 Å². The first-order valence-electron chi connectivity index (χ1n) is 8.88. The molecule has 0 radical (unpaired) electrons. The number of hydrogen-bond donors (Lipinski definition) is 1. The van der Waals surface area contributed by atoms with Crippen molar-refractivity contribution in [1.82, 2.24) is 5.43 Å². The number of amides is 2. The zero-order chi connectivity index (χ0) is 21.1. The minimum atomic E-state index is -0.613. The maximum atomic E-state index is 12.7. The molecule has 9 heteroatoms. The van der Waals surface area contributed by atoms with Crippen LogP contribution < -0.4 is 15.2 Å². The molecule has 0 spiro atoms. The molecular formula is C20H18ClN3O5. The van der Waals surface area contributed by atoms with Crippen molar-refractivity contribution in [3.63, 3.8) is 0 Å². The fourth-order valence-electron chi connectivity index (χ4n) is 2.70. The number of hydrogen-bond acceptors (Lipinski definition) is 5. The molecule has 0 aromatic heterocycles. The Morgan fingerprint density at radius 3 is 2.59 bits per heavy atom. The van der Waals surface area contributed by atoms with Crippen LogP contribution >= 0.6 is 11.6 Å². The number of rotatable bonds is 6. The van der Waals surface area contributed by atoms with Crippen LogP contribution in [0.15, 0.2) is 48.0 Å². The van der Waals surface area contributed by atoms with E-state index in [4.69, 9.17) is 16.3 Å². The molecule has 1 aliphatic rings. The van der Waals surface area contributed by atoms with Crippen molar-refractivity contribution in [2.75, 3.05) is 5.01 Å². The van der Waals surface area contributed by atoms with Gasteiger partial charge in [-0.15, -0.1) is 0 Å². The molecule has 1 saturated heterocycles. The molecule has 1 heterocycles. The molecule has 0 saturated carbocycles. The summed E-state index contributed by atoms with van der Waals surface area (Å²) in [6.45, 7) is 3.65. The molecule has 2 aromatic rings. The smallest absolute Gasteiger partial charge is 0.313 e. The van der Waals surface area contributed by atoms with Gasteiger partial charge in [0.2, 0.25) is 5.75 Å². The number of halogens is 1. The third kappa shape index (κ3) is 4.22. The molecule has 2 aromatic carbocycles. The summed E-state index contributed by atoms with van der Waals surface area (Å²) in [6.07, 6.45) is 1.65. The first kappa shape index (κ1) is 20.3. The zero-order valence-corrected chi connectivity index (χ0v) is 16.5. The summed E-state index contributed by atoms with van der Waals surface area (Å²) in [6, 6.07) is 11.2. The van der Waals surface area contributed by atoms with Gasteiger partial charge < -0.3 is 4.74 Å². The van der Waals surface area contributed by atoms with Crippen LogP contribution in [-0.4, -0.2) is 22.8 Å². The summed E-state index contributed by atoms with van der Waals surface area (Å²) in [5.74, 6) is -1.22. The van der Waals surface area contributed by atoms with Crippen molar-refractivity contribution in [3.05, 3.63) is 68.7 Å². The monoisotopic (exact) mass is 415 g/mol. The number of para-hydroxylation sites is 1. The van der Waals surface area contributed by atoms with Crippen LogP contribution in [0.25, 0.3) is 6.08 Å². The second-order valence-corrected chi connectivity index (χ2v) is 6.83. The van der Waals surface area contributed by atoms with Crippen LogP contribution in [0.5, 0.6) is 5.75 Å². The third-order valence-corrected chi connectivity index (χ3v) is 4.63. The number of nitro groups is 1. The summed E-state index contributed by atoms with van der Waals surface area (Å²) in [7, 11) is 0. The standard InChI is InChI=1S/C20H18ClN3O5/c1-3-12(2)29-18-16(21)10-13(11-17(18)24(27)28)9-15-19(25)22-23(20(15)26)14-7-5-4-6-8-14/h4-12H,3H2,1-2H3,(H,22,25)/b15-9-/t12-/m0/s1. The zero-order valence-electron chi connectivity index (χ0n) is 15.7. The largest absolute Gasteiger partial charge is 0.483 e. The van der Waals surface area contributed by atoms with Gasteiger partial charge in [0.25, 0.3) is 11.8 Å². The maximum Gasteiger partial charge on any atom is 0.313 e. The van der Waals surface area contributed by atoms with Crippen LogP contribution in [0.3, 0.4) is 0 Å². The molecule has 150 valence electrons. The van der Waals surface area contributed by atoms with E-state index in [2.05, 4.69) is 5.43 Å². The van der Waals surface area contributed by atoms with Crippen LogP contribution in [0, 0.1) is 10.1 Å². The average Bonchev–Trinajstić information content (AvgIpc) is 2.98. The van der Waals surface area contributed by atoms with E-state index in [1.54, 1.807) is 37.3 Å². The van der Waals surface area contributed by atoms with Gasteiger partial charge in [-0.1, -0.05) is 36.7 Å². The second kappa shape index (κ2) is 8.32. The lowest BCUT2D eigenvalue weighted by molar-refractivity contribution is -0.386. The fourth-order valence-corrected chi connectivity index (χ4v) is 2.97. The van der Waals surface area contributed by atoms with Gasteiger partial charge in [0, 0.05) is 6.07 Å². The van der Waals surface area contributed by atoms with Crippen molar-refractivity contribution in [3.8, 4) is 5.75 Å². The number of nitro benzene ring substituents is 1. The van der Waals surface area contributed by atoms with Crippen molar-refractivity contribution >= 4 is 40.9 Å². The number of ether oxygens (including phenoxy) is 1. The molecule has 29 heavy (non-hydrogen) atoms. The first-order chi connectivity index (χ1) is 13.8. The molecule has 0 aliphatic carbocycles. The summed E-state index contributed by atoms with van der Waals surface area (Å²) in [5.41, 5.74) is 2.72. The Morgan fingerprint density at radius 1 is 1.28 bits per heavy atom. The lowest BCUT2D eigenvalue weighted by Crippen LogP contribution is -2.35. The molecule has 2 amide bonds. The molecule has 1 N–H and O–H groups in total. The highest BCUT2D eigenvalue weighted by molar-refractivity contribution is 6.33. The summed E-state index contributed by atoms with van der Waals surface area (Å²) >= 11 is 6.21. The molecule has 1 fully saturated rings. The average molecular weight is 416 g/mol. The highest BCUT2D eigenvalue weighted by atomic mass is 35.5. The lowest BCUT2D eigenvalue weighted by Gasteiger charge is -2.14. The van der Waals surface area contributed by atoms with E-state index in [9.17, 15) is 19.7 Å². The molecule has 0 bridgehead atoms. The number of hydrazine groups is 1. The topological polar surface area (TPSA) is 102 Å². The van der Waals surface area contributed by atoms with Crippen molar-refractivity contribution in [2.24, 2.45) is 0 Å².